The van der Waals surface area contributed by atoms with Crippen LogP contribution in [-0.4, -0.2) is 50.1 Å². The van der Waals surface area contributed by atoms with Crippen LogP contribution in [0.4, 0.5) is 0 Å². The second-order valence-corrected chi connectivity index (χ2v) is 4.78. The summed E-state index contributed by atoms with van der Waals surface area (Å²) in [7, 11) is 0. The standard InChI is InChI=1S/C15H26O6/c1-6-14(16)20-9-12(4)18-8-11(3)19-10-13(5)21-15(17)7-2/h7,11-13H,2,6,8-10H2,1,3-5H3. The summed E-state index contributed by atoms with van der Waals surface area (Å²) in [6, 6.07) is 0. The van der Waals surface area contributed by atoms with Crippen molar-refractivity contribution in [2.45, 2.75) is 52.4 Å². The minimum atomic E-state index is -0.471. The molecular formula is C15H26O6. The average Bonchev–Trinajstić information content (AvgIpc) is 2.47. The summed E-state index contributed by atoms with van der Waals surface area (Å²) >= 11 is 0. The Bertz CT molecular complexity index is 328. The molecule has 122 valence electrons. The molecule has 0 aliphatic carbocycles. The Kier molecular flexibility index (Phi) is 10.5. The lowest BCUT2D eigenvalue weighted by atomic mass is 10.4. The first kappa shape index (κ1) is 19.6. The van der Waals surface area contributed by atoms with Gasteiger partial charge in [0.05, 0.1) is 25.4 Å². The van der Waals surface area contributed by atoms with E-state index >= 15 is 0 Å². The average molecular weight is 302 g/mol. The minimum Gasteiger partial charge on any atom is -0.463 e. The van der Waals surface area contributed by atoms with Gasteiger partial charge in [-0.05, 0) is 20.8 Å². The van der Waals surface area contributed by atoms with Crippen LogP contribution >= 0.6 is 0 Å². The molecule has 0 heterocycles. The molecule has 3 unspecified atom stereocenters. The molecular weight excluding hydrogens is 276 g/mol. The Balaban J connectivity index is 3.74. The van der Waals surface area contributed by atoms with E-state index in [0.717, 1.165) is 6.08 Å². The number of esters is 2. The molecule has 0 saturated carbocycles. The SMILES string of the molecule is C=CC(=O)OC(C)COC(C)COC(C)COC(=O)CC. The van der Waals surface area contributed by atoms with Crippen LogP contribution in [0, 0.1) is 0 Å². The van der Waals surface area contributed by atoms with Crippen molar-refractivity contribution in [1.29, 1.82) is 0 Å². The zero-order valence-corrected chi connectivity index (χ0v) is 13.3. The van der Waals surface area contributed by atoms with E-state index in [0.29, 0.717) is 13.0 Å². The van der Waals surface area contributed by atoms with Gasteiger partial charge in [0.25, 0.3) is 0 Å². The lowest BCUT2D eigenvalue weighted by molar-refractivity contribution is -0.150. The number of ether oxygens (including phenoxy) is 4. The molecule has 3 atom stereocenters. The highest BCUT2D eigenvalue weighted by atomic mass is 16.6. The second-order valence-electron chi connectivity index (χ2n) is 4.78. The third kappa shape index (κ3) is 11.0. The minimum absolute atomic E-state index is 0.154. The molecule has 0 aromatic heterocycles. The van der Waals surface area contributed by atoms with Crippen LogP contribution in [-0.2, 0) is 28.5 Å². The third-order valence-electron chi connectivity index (χ3n) is 2.48. The number of hydrogen-bond acceptors (Lipinski definition) is 6. The van der Waals surface area contributed by atoms with E-state index in [4.69, 9.17) is 18.9 Å². The number of rotatable bonds is 11. The Hall–Kier alpha value is -1.40. The van der Waals surface area contributed by atoms with Crippen LogP contribution < -0.4 is 0 Å². The van der Waals surface area contributed by atoms with Gasteiger partial charge in [-0.25, -0.2) is 4.79 Å². The molecule has 0 fully saturated rings. The van der Waals surface area contributed by atoms with Gasteiger partial charge in [0.2, 0.25) is 0 Å². The largest absolute Gasteiger partial charge is 0.463 e. The van der Waals surface area contributed by atoms with E-state index in [2.05, 4.69) is 6.58 Å². The normalized spacial score (nSPS) is 14.9. The summed E-state index contributed by atoms with van der Waals surface area (Å²) in [6.07, 6.45) is 0.776. The summed E-state index contributed by atoms with van der Waals surface area (Å²) in [5.41, 5.74) is 0. The lowest BCUT2D eigenvalue weighted by Gasteiger charge is -2.19. The molecule has 0 rings (SSSR count). The van der Waals surface area contributed by atoms with Crippen molar-refractivity contribution < 1.29 is 28.5 Å². The van der Waals surface area contributed by atoms with E-state index in [1.165, 1.54) is 0 Å². The highest BCUT2D eigenvalue weighted by Crippen LogP contribution is 2.01. The van der Waals surface area contributed by atoms with Crippen molar-refractivity contribution in [3.05, 3.63) is 12.7 Å². The zero-order valence-electron chi connectivity index (χ0n) is 13.3. The van der Waals surface area contributed by atoms with Crippen LogP contribution in [0.5, 0.6) is 0 Å². The summed E-state index contributed by atoms with van der Waals surface area (Å²) in [6.45, 7) is 11.4. The van der Waals surface area contributed by atoms with E-state index < -0.39 is 5.97 Å². The maximum absolute atomic E-state index is 11.0. The first-order valence-corrected chi connectivity index (χ1v) is 7.10. The van der Waals surface area contributed by atoms with Crippen molar-refractivity contribution >= 4 is 11.9 Å². The monoisotopic (exact) mass is 302 g/mol. The molecule has 0 N–H and O–H groups in total. The smallest absolute Gasteiger partial charge is 0.330 e. The molecule has 6 nitrogen and oxygen atoms in total. The van der Waals surface area contributed by atoms with Crippen molar-refractivity contribution in [2.24, 2.45) is 0 Å². The van der Waals surface area contributed by atoms with Gasteiger partial charge in [0.1, 0.15) is 12.7 Å². The van der Waals surface area contributed by atoms with Gasteiger partial charge in [-0.1, -0.05) is 13.5 Å². The molecule has 0 amide bonds. The van der Waals surface area contributed by atoms with Gasteiger partial charge in [0.15, 0.2) is 0 Å². The van der Waals surface area contributed by atoms with Crippen LogP contribution in [0.15, 0.2) is 12.7 Å². The summed E-state index contributed by atoms with van der Waals surface area (Å²) < 4.78 is 20.9. The fourth-order valence-corrected chi connectivity index (χ4v) is 1.29. The fourth-order valence-electron chi connectivity index (χ4n) is 1.29. The predicted octanol–water partition coefficient (Wildman–Crippen LogP) is 1.87. The number of carbonyl (C=O) groups is 2. The molecule has 6 heteroatoms. The maximum Gasteiger partial charge on any atom is 0.330 e. The quantitative estimate of drug-likeness (QED) is 0.428. The molecule has 0 aromatic rings. The van der Waals surface area contributed by atoms with Crippen molar-refractivity contribution in [3.8, 4) is 0 Å². The molecule has 0 aliphatic rings. The van der Waals surface area contributed by atoms with Crippen molar-refractivity contribution in [1.82, 2.24) is 0 Å². The molecule has 0 radical (unpaired) electrons. The molecule has 21 heavy (non-hydrogen) atoms. The second kappa shape index (κ2) is 11.3. The van der Waals surface area contributed by atoms with Gasteiger partial charge in [-0.3, -0.25) is 4.79 Å². The summed E-state index contributed by atoms with van der Waals surface area (Å²) in [5, 5.41) is 0. The summed E-state index contributed by atoms with van der Waals surface area (Å²) in [5.74, 6) is -0.714. The Morgan fingerprint density at radius 2 is 1.52 bits per heavy atom. The van der Waals surface area contributed by atoms with E-state index in [1.54, 1.807) is 13.8 Å². The predicted molar refractivity (Wildman–Crippen MR) is 77.8 cm³/mol. The molecule has 0 aliphatic heterocycles. The number of carbonyl (C=O) groups excluding carboxylic acids is 2. The summed E-state index contributed by atoms with van der Waals surface area (Å²) in [4.78, 5) is 22.0. The van der Waals surface area contributed by atoms with E-state index in [1.807, 2.05) is 13.8 Å². The Morgan fingerprint density at radius 1 is 1.00 bits per heavy atom. The van der Waals surface area contributed by atoms with Gasteiger partial charge >= 0.3 is 11.9 Å². The zero-order chi connectivity index (χ0) is 16.3. The topological polar surface area (TPSA) is 71.1 Å². The number of hydrogen-bond donors (Lipinski definition) is 0. The van der Waals surface area contributed by atoms with E-state index in [-0.39, 0.29) is 37.5 Å². The highest BCUT2D eigenvalue weighted by Gasteiger charge is 2.12. The Labute approximate surface area is 126 Å². The van der Waals surface area contributed by atoms with Gasteiger partial charge in [-0.2, -0.15) is 0 Å². The van der Waals surface area contributed by atoms with E-state index in [9.17, 15) is 9.59 Å². The van der Waals surface area contributed by atoms with Crippen LogP contribution in [0.3, 0.4) is 0 Å². The molecule has 0 bridgehead atoms. The molecule has 0 saturated heterocycles. The van der Waals surface area contributed by atoms with Gasteiger partial charge in [-0.15, -0.1) is 0 Å². The first-order valence-electron chi connectivity index (χ1n) is 7.10. The fraction of sp³-hybridized carbons (Fsp3) is 0.733. The Morgan fingerprint density at radius 3 is 2.05 bits per heavy atom. The van der Waals surface area contributed by atoms with Gasteiger partial charge < -0.3 is 18.9 Å². The molecule has 0 spiro atoms. The maximum atomic E-state index is 11.0. The van der Waals surface area contributed by atoms with Crippen molar-refractivity contribution in [3.63, 3.8) is 0 Å². The van der Waals surface area contributed by atoms with Crippen molar-refractivity contribution in [2.75, 3.05) is 19.8 Å². The third-order valence-corrected chi connectivity index (χ3v) is 2.48. The highest BCUT2D eigenvalue weighted by molar-refractivity contribution is 5.81. The first-order chi connectivity index (χ1) is 9.88. The molecule has 0 aromatic carbocycles. The van der Waals surface area contributed by atoms with Crippen LogP contribution in [0.1, 0.15) is 34.1 Å². The van der Waals surface area contributed by atoms with Crippen LogP contribution in [0.25, 0.3) is 0 Å². The van der Waals surface area contributed by atoms with Gasteiger partial charge in [0, 0.05) is 12.5 Å². The lowest BCUT2D eigenvalue weighted by Crippen LogP contribution is -2.27. The van der Waals surface area contributed by atoms with Crippen LogP contribution in [0.2, 0.25) is 0 Å².